The van der Waals surface area contributed by atoms with Crippen LogP contribution in [0.1, 0.15) is 135 Å². The number of carbonyl (C=O) groups is 1. The molecule has 0 rings (SSSR count). The van der Waals surface area contributed by atoms with E-state index < -0.39 is 5.97 Å². The van der Waals surface area contributed by atoms with Gasteiger partial charge in [-0.1, -0.05) is 122 Å². The Morgan fingerprint density at radius 3 is 1.03 bits per heavy atom. The SMILES string of the molecule is CCCCCCCCCCCCCCCCCCCCCC(=O)O.OCCON(OCCO)OCCO. The maximum atomic E-state index is 10.4. The predicted octanol–water partition coefficient (Wildman–Crippen LogP) is 5.95. The van der Waals surface area contributed by atoms with Crippen molar-refractivity contribution in [3.8, 4) is 0 Å². The van der Waals surface area contributed by atoms with Gasteiger partial charge in [-0.3, -0.25) is 4.79 Å². The van der Waals surface area contributed by atoms with Gasteiger partial charge in [0.15, 0.2) is 0 Å². The molecule has 0 aliphatic carbocycles. The molecule has 0 saturated carbocycles. The molecule has 0 aliphatic heterocycles. The fourth-order valence-electron chi connectivity index (χ4n) is 3.81. The first-order valence-electron chi connectivity index (χ1n) is 14.9. The maximum absolute atomic E-state index is 10.4. The second-order valence-electron chi connectivity index (χ2n) is 9.40. The number of carboxylic acid groups (broad SMARTS) is 1. The van der Waals surface area contributed by atoms with Gasteiger partial charge in [-0.25, -0.2) is 14.5 Å². The number of aliphatic carboxylic acids is 1. The average molecular weight is 538 g/mol. The van der Waals surface area contributed by atoms with Gasteiger partial charge in [0.05, 0.1) is 45.0 Å². The van der Waals surface area contributed by atoms with Crippen molar-refractivity contribution in [2.24, 2.45) is 0 Å². The lowest BCUT2D eigenvalue weighted by Gasteiger charge is -2.17. The number of hydrogen-bond acceptors (Lipinski definition) is 8. The third-order valence-electron chi connectivity index (χ3n) is 5.86. The highest BCUT2D eigenvalue weighted by Crippen LogP contribution is 2.14. The summed E-state index contributed by atoms with van der Waals surface area (Å²) < 4.78 is 0. The lowest BCUT2D eigenvalue weighted by atomic mass is 10.0. The monoisotopic (exact) mass is 537 g/mol. The van der Waals surface area contributed by atoms with Crippen molar-refractivity contribution in [1.82, 2.24) is 5.39 Å². The normalized spacial score (nSPS) is 11.1. The zero-order chi connectivity index (χ0) is 27.7. The van der Waals surface area contributed by atoms with E-state index in [0.717, 1.165) is 12.8 Å². The summed E-state index contributed by atoms with van der Waals surface area (Å²) in [7, 11) is 0. The van der Waals surface area contributed by atoms with Gasteiger partial charge in [0.2, 0.25) is 0 Å². The zero-order valence-electron chi connectivity index (χ0n) is 23.8. The van der Waals surface area contributed by atoms with Gasteiger partial charge in [0.1, 0.15) is 0 Å². The van der Waals surface area contributed by atoms with Crippen molar-refractivity contribution in [3.63, 3.8) is 0 Å². The number of aliphatic hydroxyl groups is 3. The first kappa shape index (κ1) is 38.3. The maximum Gasteiger partial charge on any atom is 0.303 e. The smallest absolute Gasteiger partial charge is 0.303 e. The lowest BCUT2D eigenvalue weighted by molar-refractivity contribution is -0.527. The molecule has 0 radical (unpaired) electrons. The molecule has 0 aromatic carbocycles. The number of unbranched alkanes of at least 4 members (excludes halogenated alkanes) is 18. The van der Waals surface area contributed by atoms with Crippen molar-refractivity contribution < 1.29 is 39.7 Å². The summed E-state index contributed by atoms with van der Waals surface area (Å²) in [5.41, 5.74) is 0. The summed E-state index contributed by atoms with van der Waals surface area (Å²) in [6, 6.07) is 0. The molecule has 224 valence electrons. The molecular formula is C28H59NO8. The summed E-state index contributed by atoms with van der Waals surface area (Å²) in [6.45, 7) is 1.78. The molecule has 0 fully saturated rings. The molecule has 0 aromatic rings. The van der Waals surface area contributed by atoms with E-state index in [-0.39, 0.29) is 39.6 Å². The second-order valence-corrected chi connectivity index (χ2v) is 9.40. The molecule has 9 heteroatoms. The van der Waals surface area contributed by atoms with E-state index in [1.54, 1.807) is 0 Å². The van der Waals surface area contributed by atoms with Gasteiger partial charge in [0.25, 0.3) is 0 Å². The fourth-order valence-corrected chi connectivity index (χ4v) is 3.81. The number of rotatable bonds is 29. The van der Waals surface area contributed by atoms with E-state index in [1.807, 2.05) is 0 Å². The molecule has 0 heterocycles. The number of hydrogen-bond donors (Lipinski definition) is 4. The van der Waals surface area contributed by atoms with Gasteiger partial charge in [-0.2, -0.15) is 0 Å². The molecule has 0 unspecified atom stereocenters. The molecule has 37 heavy (non-hydrogen) atoms. The summed E-state index contributed by atoms with van der Waals surface area (Å²) >= 11 is 0. The van der Waals surface area contributed by atoms with Crippen LogP contribution in [0.2, 0.25) is 0 Å². The zero-order valence-corrected chi connectivity index (χ0v) is 23.8. The Hall–Kier alpha value is -0.810. The third-order valence-corrected chi connectivity index (χ3v) is 5.86. The van der Waals surface area contributed by atoms with Crippen LogP contribution in [-0.4, -0.2) is 71.4 Å². The lowest BCUT2D eigenvalue weighted by Crippen LogP contribution is -2.28. The molecule has 0 spiro atoms. The molecular weight excluding hydrogens is 478 g/mol. The summed E-state index contributed by atoms with van der Waals surface area (Å²) in [5.74, 6) is -0.651. The number of nitrogens with zero attached hydrogens (tertiary/aromatic N) is 1. The molecule has 0 saturated heterocycles. The highest BCUT2D eigenvalue weighted by Gasteiger charge is 2.05. The summed E-state index contributed by atoms with van der Waals surface area (Å²) in [4.78, 5) is 24.5. The Balaban J connectivity index is 0. The topological polar surface area (TPSA) is 129 Å². The molecule has 0 bridgehead atoms. The van der Waals surface area contributed by atoms with Gasteiger partial charge in [-0.15, -0.1) is 0 Å². The largest absolute Gasteiger partial charge is 0.481 e. The van der Waals surface area contributed by atoms with E-state index in [4.69, 9.17) is 34.9 Å². The molecule has 4 N–H and O–H groups in total. The quantitative estimate of drug-likeness (QED) is 0.0675. The Morgan fingerprint density at radius 2 is 0.784 bits per heavy atom. The minimum atomic E-state index is -0.651. The van der Waals surface area contributed by atoms with Crippen LogP contribution in [0.3, 0.4) is 0 Å². The average Bonchev–Trinajstić information content (AvgIpc) is 2.89. The van der Waals surface area contributed by atoms with Crippen molar-refractivity contribution in [1.29, 1.82) is 0 Å². The molecule has 0 aliphatic rings. The highest BCUT2D eigenvalue weighted by atomic mass is 17.2. The van der Waals surface area contributed by atoms with Crippen LogP contribution in [0.4, 0.5) is 0 Å². The minimum Gasteiger partial charge on any atom is -0.481 e. The predicted molar refractivity (Wildman–Crippen MR) is 147 cm³/mol. The van der Waals surface area contributed by atoms with Crippen molar-refractivity contribution >= 4 is 5.97 Å². The number of carboxylic acids is 1. The van der Waals surface area contributed by atoms with E-state index >= 15 is 0 Å². The Labute approximate surface area is 226 Å². The Morgan fingerprint density at radius 1 is 0.514 bits per heavy atom. The van der Waals surface area contributed by atoms with E-state index in [2.05, 4.69) is 6.92 Å². The molecule has 9 nitrogen and oxygen atoms in total. The van der Waals surface area contributed by atoms with Crippen molar-refractivity contribution in [2.75, 3.05) is 39.6 Å². The van der Waals surface area contributed by atoms with Crippen LogP contribution in [-0.2, 0) is 19.3 Å². The standard InChI is InChI=1S/C22H44O2.C6H15NO6/c1-2-3-4-5-6-7-8-9-10-11-12-13-14-15-16-17-18-19-20-21-22(23)24;8-1-4-11-7(12-5-2-9)13-6-3-10/h2-21H2,1H3,(H,23,24);8-10H,1-6H2. The summed E-state index contributed by atoms with van der Waals surface area (Å²) in [5, 5.41) is 34.4. The Kier molecular flexibility index (Phi) is 36.5. The molecule has 0 aromatic heterocycles. The van der Waals surface area contributed by atoms with Crippen molar-refractivity contribution in [2.45, 2.75) is 135 Å². The van der Waals surface area contributed by atoms with Crippen LogP contribution in [0, 0.1) is 0 Å². The third kappa shape index (κ3) is 37.4. The van der Waals surface area contributed by atoms with Crippen molar-refractivity contribution in [3.05, 3.63) is 0 Å². The van der Waals surface area contributed by atoms with Gasteiger partial charge >= 0.3 is 5.97 Å². The van der Waals surface area contributed by atoms with E-state index in [9.17, 15) is 4.79 Å². The van der Waals surface area contributed by atoms with Crippen LogP contribution < -0.4 is 0 Å². The second kappa shape index (κ2) is 35.2. The van der Waals surface area contributed by atoms with Crippen LogP contribution in [0.25, 0.3) is 0 Å². The van der Waals surface area contributed by atoms with Crippen LogP contribution in [0.5, 0.6) is 0 Å². The van der Waals surface area contributed by atoms with E-state index in [0.29, 0.717) is 11.8 Å². The summed E-state index contributed by atoms with van der Waals surface area (Å²) in [6.07, 6.45) is 26.1. The highest BCUT2D eigenvalue weighted by molar-refractivity contribution is 5.66. The van der Waals surface area contributed by atoms with Gasteiger partial charge in [-0.05, 0) is 6.42 Å². The van der Waals surface area contributed by atoms with Gasteiger partial charge < -0.3 is 20.4 Å². The Bertz CT molecular complexity index is 410. The number of aliphatic hydroxyl groups excluding tert-OH is 3. The fraction of sp³-hybridized carbons (Fsp3) is 0.964. The van der Waals surface area contributed by atoms with Crippen LogP contribution in [0.15, 0.2) is 0 Å². The first-order valence-corrected chi connectivity index (χ1v) is 14.9. The van der Waals surface area contributed by atoms with Crippen LogP contribution >= 0.6 is 0 Å². The van der Waals surface area contributed by atoms with E-state index in [1.165, 1.54) is 109 Å². The first-order chi connectivity index (χ1) is 18.1. The molecule has 0 atom stereocenters. The molecule has 0 amide bonds. The minimum absolute atomic E-state index is 0.0108. The van der Waals surface area contributed by atoms with Gasteiger partial charge in [0, 0.05) is 6.42 Å².